The molecule has 1 fully saturated rings. The van der Waals surface area contributed by atoms with Gasteiger partial charge in [0, 0.05) is 31.0 Å². The summed E-state index contributed by atoms with van der Waals surface area (Å²) in [5.41, 5.74) is 2.30. The standard InChI is InChI=1S/C17H24N6/c1-2-10-18-17-21-16(13-19-22-17)20-14-6-8-15(9-7-14)23-11-4-3-5-12-23/h6-9,13H,2-5,10-12H2,1H3,(H2,18,20,21,22). The Bertz CT molecular complexity index is 607. The molecule has 6 heteroatoms. The van der Waals surface area contributed by atoms with Crippen LogP contribution in [-0.2, 0) is 0 Å². The van der Waals surface area contributed by atoms with Crippen LogP contribution >= 0.6 is 0 Å². The van der Waals surface area contributed by atoms with Gasteiger partial charge in [-0.25, -0.2) is 0 Å². The summed E-state index contributed by atoms with van der Waals surface area (Å²) in [4.78, 5) is 6.86. The maximum absolute atomic E-state index is 4.41. The van der Waals surface area contributed by atoms with Crippen LogP contribution in [0.25, 0.3) is 0 Å². The van der Waals surface area contributed by atoms with Crippen molar-refractivity contribution in [3.8, 4) is 0 Å². The van der Waals surface area contributed by atoms with Gasteiger partial charge in [-0.3, -0.25) is 0 Å². The molecule has 0 unspecified atom stereocenters. The molecule has 23 heavy (non-hydrogen) atoms. The summed E-state index contributed by atoms with van der Waals surface area (Å²) in [7, 11) is 0. The monoisotopic (exact) mass is 312 g/mol. The summed E-state index contributed by atoms with van der Waals surface area (Å²) >= 11 is 0. The minimum Gasteiger partial charge on any atom is -0.372 e. The molecule has 2 N–H and O–H groups in total. The first-order chi connectivity index (χ1) is 11.3. The molecule has 0 radical (unpaired) electrons. The molecule has 2 aromatic rings. The van der Waals surface area contributed by atoms with E-state index in [9.17, 15) is 0 Å². The summed E-state index contributed by atoms with van der Waals surface area (Å²) in [6.07, 6.45) is 6.60. The first kappa shape index (κ1) is 15.5. The third kappa shape index (κ3) is 4.31. The summed E-state index contributed by atoms with van der Waals surface area (Å²) < 4.78 is 0. The third-order valence-corrected chi connectivity index (χ3v) is 3.95. The Labute approximate surface area is 137 Å². The zero-order valence-corrected chi connectivity index (χ0v) is 13.6. The highest BCUT2D eigenvalue weighted by Crippen LogP contribution is 2.23. The van der Waals surface area contributed by atoms with E-state index >= 15 is 0 Å². The Hall–Kier alpha value is -2.37. The van der Waals surface area contributed by atoms with Crippen LogP contribution in [0.5, 0.6) is 0 Å². The van der Waals surface area contributed by atoms with Crippen LogP contribution < -0.4 is 15.5 Å². The Balaban J connectivity index is 1.63. The molecule has 0 aliphatic carbocycles. The normalized spacial score (nSPS) is 14.6. The van der Waals surface area contributed by atoms with Gasteiger partial charge in [0.2, 0.25) is 5.95 Å². The number of piperidine rings is 1. The molecule has 0 amide bonds. The molecule has 6 nitrogen and oxygen atoms in total. The van der Waals surface area contributed by atoms with Gasteiger partial charge in [-0.05, 0) is 49.9 Å². The Morgan fingerprint density at radius 1 is 1.09 bits per heavy atom. The highest BCUT2D eigenvalue weighted by molar-refractivity contribution is 5.60. The van der Waals surface area contributed by atoms with Gasteiger partial charge in [-0.1, -0.05) is 6.92 Å². The van der Waals surface area contributed by atoms with E-state index in [-0.39, 0.29) is 0 Å². The quantitative estimate of drug-likeness (QED) is 0.852. The first-order valence-corrected chi connectivity index (χ1v) is 8.41. The van der Waals surface area contributed by atoms with E-state index < -0.39 is 0 Å². The molecule has 2 heterocycles. The zero-order chi connectivity index (χ0) is 15.9. The largest absolute Gasteiger partial charge is 0.372 e. The van der Waals surface area contributed by atoms with Crippen molar-refractivity contribution in [1.29, 1.82) is 0 Å². The van der Waals surface area contributed by atoms with Gasteiger partial charge >= 0.3 is 0 Å². The highest BCUT2D eigenvalue weighted by atomic mass is 15.3. The number of hydrogen-bond donors (Lipinski definition) is 2. The number of anilines is 4. The third-order valence-electron chi connectivity index (χ3n) is 3.95. The summed E-state index contributed by atoms with van der Waals surface area (Å²) in [5.74, 6) is 1.26. The molecule has 0 saturated carbocycles. The number of benzene rings is 1. The van der Waals surface area contributed by atoms with Gasteiger partial charge in [-0.2, -0.15) is 10.1 Å². The van der Waals surface area contributed by atoms with Gasteiger partial charge in [0.25, 0.3) is 0 Å². The summed E-state index contributed by atoms with van der Waals surface area (Å²) in [6.45, 7) is 5.27. The number of nitrogens with one attached hydrogen (secondary N) is 2. The van der Waals surface area contributed by atoms with Crippen molar-refractivity contribution in [3.63, 3.8) is 0 Å². The average molecular weight is 312 g/mol. The zero-order valence-electron chi connectivity index (χ0n) is 13.6. The van der Waals surface area contributed by atoms with Gasteiger partial charge in [0.05, 0.1) is 6.20 Å². The number of nitrogens with zero attached hydrogens (tertiary/aromatic N) is 4. The van der Waals surface area contributed by atoms with Crippen molar-refractivity contribution in [1.82, 2.24) is 15.2 Å². The minimum atomic E-state index is 0.557. The lowest BCUT2D eigenvalue weighted by molar-refractivity contribution is 0.578. The molecule has 1 aromatic heterocycles. The van der Waals surface area contributed by atoms with E-state index in [1.165, 1.54) is 24.9 Å². The number of hydrogen-bond acceptors (Lipinski definition) is 6. The highest BCUT2D eigenvalue weighted by Gasteiger charge is 2.10. The van der Waals surface area contributed by atoms with Crippen molar-refractivity contribution < 1.29 is 0 Å². The van der Waals surface area contributed by atoms with E-state index in [2.05, 4.69) is 61.9 Å². The van der Waals surface area contributed by atoms with Crippen molar-refractivity contribution in [2.24, 2.45) is 0 Å². The number of aromatic nitrogens is 3. The van der Waals surface area contributed by atoms with Gasteiger partial charge in [0.15, 0.2) is 5.82 Å². The van der Waals surface area contributed by atoms with Gasteiger partial charge in [0.1, 0.15) is 0 Å². The van der Waals surface area contributed by atoms with Crippen molar-refractivity contribution in [3.05, 3.63) is 30.5 Å². The molecule has 1 aliphatic heterocycles. The fraction of sp³-hybridized carbons (Fsp3) is 0.471. The molecular weight excluding hydrogens is 288 g/mol. The van der Waals surface area contributed by atoms with Crippen LogP contribution in [0, 0.1) is 0 Å². The molecular formula is C17H24N6. The van der Waals surface area contributed by atoms with Crippen molar-refractivity contribution in [2.45, 2.75) is 32.6 Å². The molecule has 122 valence electrons. The van der Waals surface area contributed by atoms with Crippen LogP contribution in [0.3, 0.4) is 0 Å². The second-order valence-electron chi connectivity index (χ2n) is 5.81. The number of rotatable bonds is 6. The minimum absolute atomic E-state index is 0.557. The lowest BCUT2D eigenvalue weighted by atomic mass is 10.1. The molecule has 1 aromatic carbocycles. The fourth-order valence-corrected chi connectivity index (χ4v) is 2.73. The maximum atomic E-state index is 4.41. The molecule has 1 saturated heterocycles. The second-order valence-corrected chi connectivity index (χ2v) is 5.81. The summed E-state index contributed by atoms with van der Waals surface area (Å²) in [5, 5.41) is 14.4. The van der Waals surface area contributed by atoms with Crippen LogP contribution in [-0.4, -0.2) is 34.8 Å². The molecule has 0 bridgehead atoms. The Morgan fingerprint density at radius 3 is 2.61 bits per heavy atom. The van der Waals surface area contributed by atoms with E-state index in [0.29, 0.717) is 11.8 Å². The van der Waals surface area contributed by atoms with E-state index in [1.807, 2.05) is 0 Å². The lowest BCUT2D eigenvalue weighted by Gasteiger charge is -2.28. The van der Waals surface area contributed by atoms with Gasteiger partial charge in [-0.15, -0.1) is 5.10 Å². The maximum Gasteiger partial charge on any atom is 0.244 e. The predicted octanol–water partition coefficient (Wildman–Crippen LogP) is 3.43. The topological polar surface area (TPSA) is 66.0 Å². The molecule has 0 spiro atoms. The molecule has 1 aliphatic rings. The Morgan fingerprint density at radius 2 is 1.87 bits per heavy atom. The SMILES string of the molecule is CCCNc1nncc(Nc2ccc(N3CCCCC3)cc2)n1. The van der Waals surface area contributed by atoms with Crippen molar-refractivity contribution in [2.75, 3.05) is 35.2 Å². The summed E-state index contributed by atoms with van der Waals surface area (Å²) in [6, 6.07) is 8.51. The Kier molecular flexibility index (Phi) is 5.24. The van der Waals surface area contributed by atoms with Gasteiger partial charge < -0.3 is 15.5 Å². The smallest absolute Gasteiger partial charge is 0.244 e. The van der Waals surface area contributed by atoms with Crippen LogP contribution in [0.4, 0.5) is 23.1 Å². The average Bonchev–Trinajstić information content (AvgIpc) is 2.62. The fourth-order valence-electron chi connectivity index (χ4n) is 2.73. The molecule has 0 atom stereocenters. The predicted molar refractivity (Wildman–Crippen MR) is 94.4 cm³/mol. The van der Waals surface area contributed by atoms with E-state index in [4.69, 9.17) is 0 Å². The van der Waals surface area contributed by atoms with Crippen LogP contribution in [0.2, 0.25) is 0 Å². The van der Waals surface area contributed by atoms with E-state index in [1.54, 1.807) is 6.20 Å². The van der Waals surface area contributed by atoms with Crippen LogP contribution in [0.15, 0.2) is 30.5 Å². The van der Waals surface area contributed by atoms with E-state index in [0.717, 1.165) is 31.7 Å². The lowest BCUT2D eigenvalue weighted by Crippen LogP contribution is -2.29. The second kappa shape index (κ2) is 7.76. The van der Waals surface area contributed by atoms with Crippen molar-refractivity contribution >= 4 is 23.1 Å². The molecule has 3 rings (SSSR count). The first-order valence-electron chi connectivity index (χ1n) is 8.41. The van der Waals surface area contributed by atoms with Crippen LogP contribution in [0.1, 0.15) is 32.6 Å².